The highest BCUT2D eigenvalue weighted by molar-refractivity contribution is 5.79. The summed E-state index contributed by atoms with van der Waals surface area (Å²) in [6.45, 7) is 7.64. The van der Waals surface area contributed by atoms with Crippen molar-refractivity contribution in [2.45, 2.75) is 6.42 Å². The molecule has 3 rings (SSSR count). The summed E-state index contributed by atoms with van der Waals surface area (Å²) in [7, 11) is 1.80. The molecule has 0 amide bonds. The Hall–Kier alpha value is -1.99. The maximum Gasteiger partial charge on any atom is 0.191 e. The number of guanidine groups is 1. The summed E-state index contributed by atoms with van der Waals surface area (Å²) in [5, 5.41) is 6.72. The van der Waals surface area contributed by atoms with Gasteiger partial charge < -0.3 is 24.8 Å². The van der Waals surface area contributed by atoms with E-state index in [-0.39, 0.29) is 0 Å². The van der Waals surface area contributed by atoms with E-state index >= 15 is 0 Å². The standard InChI is InChI=1S/C18H28N4O3/c1-19-18(21-6-7-22-8-10-23-11-9-22)20-5-4-15-2-3-16-17(14-15)25-13-12-24-16/h2-3,14H,4-13H2,1H3,(H2,19,20,21). The van der Waals surface area contributed by atoms with Crippen molar-refractivity contribution in [2.75, 3.05) is 66.2 Å². The predicted molar refractivity (Wildman–Crippen MR) is 97.8 cm³/mol. The van der Waals surface area contributed by atoms with Gasteiger partial charge in [0.2, 0.25) is 0 Å². The molecule has 2 heterocycles. The van der Waals surface area contributed by atoms with Crippen LogP contribution in [0.2, 0.25) is 0 Å². The molecule has 0 radical (unpaired) electrons. The van der Waals surface area contributed by atoms with Crippen LogP contribution >= 0.6 is 0 Å². The van der Waals surface area contributed by atoms with E-state index in [0.29, 0.717) is 13.2 Å². The molecule has 7 nitrogen and oxygen atoms in total. The van der Waals surface area contributed by atoms with Crippen LogP contribution in [0.1, 0.15) is 5.56 Å². The molecule has 1 aromatic rings. The zero-order valence-electron chi connectivity index (χ0n) is 14.9. The smallest absolute Gasteiger partial charge is 0.191 e. The van der Waals surface area contributed by atoms with Crippen molar-refractivity contribution in [3.8, 4) is 11.5 Å². The number of morpholine rings is 1. The van der Waals surface area contributed by atoms with Gasteiger partial charge in [-0.2, -0.15) is 0 Å². The third-order valence-corrected chi connectivity index (χ3v) is 4.36. The van der Waals surface area contributed by atoms with Gasteiger partial charge in [0, 0.05) is 39.8 Å². The maximum atomic E-state index is 5.63. The van der Waals surface area contributed by atoms with E-state index < -0.39 is 0 Å². The molecule has 0 aromatic heterocycles. The van der Waals surface area contributed by atoms with E-state index in [2.05, 4.69) is 32.7 Å². The minimum Gasteiger partial charge on any atom is -0.486 e. The van der Waals surface area contributed by atoms with Gasteiger partial charge in [-0.15, -0.1) is 0 Å². The van der Waals surface area contributed by atoms with Crippen molar-refractivity contribution in [3.63, 3.8) is 0 Å². The monoisotopic (exact) mass is 348 g/mol. The fourth-order valence-electron chi connectivity index (χ4n) is 2.95. The Morgan fingerprint density at radius 1 is 1.04 bits per heavy atom. The Labute approximate surface area is 149 Å². The maximum absolute atomic E-state index is 5.63. The Bertz CT molecular complexity index is 573. The summed E-state index contributed by atoms with van der Waals surface area (Å²) in [6.07, 6.45) is 0.904. The Morgan fingerprint density at radius 3 is 2.60 bits per heavy atom. The number of rotatable bonds is 6. The van der Waals surface area contributed by atoms with Gasteiger partial charge >= 0.3 is 0 Å². The quantitative estimate of drug-likeness (QED) is 0.576. The van der Waals surface area contributed by atoms with Crippen molar-refractivity contribution < 1.29 is 14.2 Å². The van der Waals surface area contributed by atoms with E-state index in [1.165, 1.54) is 5.56 Å². The summed E-state index contributed by atoms with van der Waals surface area (Å²) >= 11 is 0. The van der Waals surface area contributed by atoms with Gasteiger partial charge in [-0.25, -0.2) is 0 Å². The topological polar surface area (TPSA) is 67.4 Å². The Kier molecular flexibility index (Phi) is 6.76. The van der Waals surface area contributed by atoms with Crippen LogP contribution < -0.4 is 20.1 Å². The highest BCUT2D eigenvalue weighted by atomic mass is 16.6. The zero-order valence-corrected chi connectivity index (χ0v) is 14.9. The zero-order chi connectivity index (χ0) is 17.3. The van der Waals surface area contributed by atoms with Crippen LogP contribution in [-0.2, 0) is 11.2 Å². The summed E-state index contributed by atoms with van der Waals surface area (Å²) < 4.78 is 16.5. The summed E-state index contributed by atoms with van der Waals surface area (Å²) in [4.78, 5) is 6.68. The summed E-state index contributed by atoms with van der Waals surface area (Å²) in [6, 6.07) is 6.13. The van der Waals surface area contributed by atoms with Crippen LogP contribution in [0.3, 0.4) is 0 Å². The first-order valence-corrected chi connectivity index (χ1v) is 8.98. The molecular weight excluding hydrogens is 320 g/mol. The van der Waals surface area contributed by atoms with Crippen LogP contribution in [0.25, 0.3) is 0 Å². The van der Waals surface area contributed by atoms with Crippen molar-refractivity contribution in [1.82, 2.24) is 15.5 Å². The van der Waals surface area contributed by atoms with Gasteiger partial charge in [0.05, 0.1) is 13.2 Å². The second-order valence-electron chi connectivity index (χ2n) is 6.11. The largest absolute Gasteiger partial charge is 0.486 e. The number of fused-ring (bicyclic) bond motifs is 1. The SMILES string of the molecule is CN=C(NCCc1ccc2c(c1)OCCO2)NCCN1CCOCC1. The van der Waals surface area contributed by atoms with E-state index in [1.54, 1.807) is 7.05 Å². The lowest BCUT2D eigenvalue weighted by atomic mass is 10.1. The van der Waals surface area contributed by atoms with Crippen molar-refractivity contribution in [3.05, 3.63) is 23.8 Å². The molecular formula is C18H28N4O3. The average Bonchev–Trinajstić information content (AvgIpc) is 2.67. The molecule has 0 aliphatic carbocycles. The molecule has 0 saturated carbocycles. The number of nitrogens with zero attached hydrogens (tertiary/aromatic N) is 2. The lowest BCUT2D eigenvalue weighted by molar-refractivity contribution is 0.0389. The highest BCUT2D eigenvalue weighted by Gasteiger charge is 2.12. The lowest BCUT2D eigenvalue weighted by Gasteiger charge is -2.26. The Balaban J connectivity index is 1.36. The Morgan fingerprint density at radius 2 is 1.80 bits per heavy atom. The molecule has 1 fully saturated rings. The average molecular weight is 348 g/mol. The second kappa shape index (κ2) is 9.48. The molecule has 0 unspecified atom stereocenters. The molecule has 0 spiro atoms. The molecule has 1 saturated heterocycles. The van der Waals surface area contributed by atoms with Crippen LogP contribution in [0.15, 0.2) is 23.2 Å². The van der Waals surface area contributed by atoms with E-state index in [1.807, 2.05) is 6.07 Å². The van der Waals surface area contributed by atoms with E-state index in [0.717, 1.165) is 69.8 Å². The molecule has 7 heteroatoms. The van der Waals surface area contributed by atoms with Crippen molar-refractivity contribution in [1.29, 1.82) is 0 Å². The normalized spacial score (nSPS) is 18.0. The number of hydrogen-bond donors (Lipinski definition) is 2. The molecule has 2 N–H and O–H groups in total. The fraction of sp³-hybridized carbons (Fsp3) is 0.611. The minimum atomic E-state index is 0.619. The van der Waals surface area contributed by atoms with Crippen LogP contribution in [0, 0.1) is 0 Å². The molecule has 25 heavy (non-hydrogen) atoms. The molecule has 0 atom stereocenters. The number of aliphatic imine (C=N–C) groups is 1. The van der Waals surface area contributed by atoms with Crippen molar-refractivity contribution >= 4 is 5.96 Å². The minimum absolute atomic E-state index is 0.619. The third kappa shape index (κ3) is 5.51. The first-order chi connectivity index (χ1) is 12.3. The van der Waals surface area contributed by atoms with Gasteiger partial charge in [0.1, 0.15) is 13.2 Å². The number of ether oxygens (including phenoxy) is 3. The molecule has 138 valence electrons. The fourth-order valence-corrected chi connectivity index (χ4v) is 2.95. The van der Waals surface area contributed by atoms with Crippen LogP contribution in [0.4, 0.5) is 0 Å². The molecule has 2 aliphatic rings. The van der Waals surface area contributed by atoms with Gasteiger partial charge in [-0.05, 0) is 24.1 Å². The second-order valence-corrected chi connectivity index (χ2v) is 6.11. The lowest BCUT2D eigenvalue weighted by Crippen LogP contribution is -2.44. The van der Waals surface area contributed by atoms with Crippen LogP contribution in [0.5, 0.6) is 11.5 Å². The predicted octanol–water partition coefficient (Wildman–Crippen LogP) is 0.498. The van der Waals surface area contributed by atoms with E-state index in [4.69, 9.17) is 14.2 Å². The summed E-state index contributed by atoms with van der Waals surface area (Å²) in [5.41, 5.74) is 1.22. The number of hydrogen-bond acceptors (Lipinski definition) is 5. The number of nitrogens with one attached hydrogen (secondary N) is 2. The van der Waals surface area contributed by atoms with Crippen LogP contribution in [-0.4, -0.2) is 77.1 Å². The molecule has 2 aliphatic heterocycles. The van der Waals surface area contributed by atoms with Gasteiger partial charge in [-0.3, -0.25) is 9.89 Å². The first-order valence-electron chi connectivity index (χ1n) is 8.98. The number of benzene rings is 1. The molecule has 1 aromatic carbocycles. The van der Waals surface area contributed by atoms with Crippen molar-refractivity contribution in [2.24, 2.45) is 4.99 Å². The van der Waals surface area contributed by atoms with E-state index in [9.17, 15) is 0 Å². The highest BCUT2D eigenvalue weighted by Crippen LogP contribution is 2.30. The van der Waals surface area contributed by atoms with Gasteiger partial charge in [0.25, 0.3) is 0 Å². The molecule has 0 bridgehead atoms. The first kappa shape index (κ1) is 17.8. The third-order valence-electron chi connectivity index (χ3n) is 4.36. The summed E-state index contributed by atoms with van der Waals surface area (Å²) in [5.74, 6) is 2.52. The van der Waals surface area contributed by atoms with Gasteiger partial charge in [-0.1, -0.05) is 6.07 Å². The van der Waals surface area contributed by atoms with Gasteiger partial charge in [0.15, 0.2) is 17.5 Å².